The summed E-state index contributed by atoms with van der Waals surface area (Å²) in [6, 6.07) is 5.84. The van der Waals surface area contributed by atoms with Gasteiger partial charge in [0.25, 0.3) is 0 Å². The number of halogens is 1. The summed E-state index contributed by atoms with van der Waals surface area (Å²) in [5.41, 5.74) is 1.00. The van der Waals surface area contributed by atoms with Crippen molar-refractivity contribution in [2.24, 2.45) is 0 Å². The van der Waals surface area contributed by atoms with Crippen LogP contribution in [0.25, 0.3) is 0 Å². The predicted octanol–water partition coefficient (Wildman–Crippen LogP) is 1.69. The summed E-state index contributed by atoms with van der Waals surface area (Å²) in [6.07, 6.45) is 1.78. The Morgan fingerprint density at radius 1 is 1.60 bits per heavy atom. The van der Waals surface area contributed by atoms with Crippen LogP contribution in [0.1, 0.15) is 10.6 Å². The molecule has 1 aromatic heterocycles. The average Bonchev–Trinajstić information content (AvgIpc) is 2.05. The second-order valence-electron chi connectivity index (χ2n) is 1.91. The number of rotatable bonds is 2. The SMILES string of the molecule is CNC(Br)c1ccccn1. The molecule has 0 aliphatic rings. The number of hydrogen-bond donors (Lipinski definition) is 1. The molecule has 3 heteroatoms. The summed E-state index contributed by atoms with van der Waals surface area (Å²) < 4.78 is 0. The molecule has 0 aliphatic carbocycles. The lowest BCUT2D eigenvalue weighted by atomic mass is 10.3. The lowest BCUT2D eigenvalue weighted by Crippen LogP contribution is -2.10. The molecule has 1 rings (SSSR count). The molecule has 1 aromatic rings. The second kappa shape index (κ2) is 3.68. The molecule has 0 aromatic carbocycles. The third-order valence-electron chi connectivity index (χ3n) is 1.20. The van der Waals surface area contributed by atoms with E-state index in [1.165, 1.54) is 0 Å². The van der Waals surface area contributed by atoms with E-state index in [0.29, 0.717) is 0 Å². The standard InChI is InChI=1S/C7H9BrN2/c1-9-7(8)6-4-2-3-5-10-6/h2-5,7,9H,1H3. The fourth-order valence-corrected chi connectivity index (χ4v) is 0.945. The van der Waals surface area contributed by atoms with E-state index in [4.69, 9.17) is 0 Å². The van der Waals surface area contributed by atoms with Crippen LogP contribution >= 0.6 is 15.9 Å². The van der Waals surface area contributed by atoms with Crippen LogP contribution in [0.3, 0.4) is 0 Å². The minimum absolute atomic E-state index is 0.161. The van der Waals surface area contributed by atoms with Gasteiger partial charge in [-0.15, -0.1) is 0 Å². The minimum Gasteiger partial charge on any atom is -0.303 e. The van der Waals surface area contributed by atoms with E-state index in [1.54, 1.807) is 6.20 Å². The Hall–Kier alpha value is -0.410. The second-order valence-corrected chi connectivity index (χ2v) is 2.82. The highest BCUT2D eigenvalue weighted by atomic mass is 79.9. The number of alkyl halides is 1. The zero-order chi connectivity index (χ0) is 7.40. The first-order valence-electron chi connectivity index (χ1n) is 3.07. The van der Waals surface area contributed by atoms with Crippen LogP contribution in [-0.2, 0) is 0 Å². The molecule has 0 aliphatic heterocycles. The highest BCUT2D eigenvalue weighted by molar-refractivity contribution is 9.09. The van der Waals surface area contributed by atoms with Crippen molar-refractivity contribution in [2.45, 2.75) is 4.95 Å². The number of pyridine rings is 1. The molecule has 0 fully saturated rings. The first kappa shape index (κ1) is 7.69. The van der Waals surface area contributed by atoms with E-state index in [9.17, 15) is 0 Å². The maximum atomic E-state index is 4.14. The van der Waals surface area contributed by atoms with Crippen LogP contribution in [0.5, 0.6) is 0 Å². The van der Waals surface area contributed by atoms with Crippen molar-refractivity contribution in [1.29, 1.82) is 0 Å². The molecule has 1 unspecified atom stereocenters. The Balaban J connectivity index is 2.75. The summed E-state index contributed by atoms with van der Waals surface area (Å²) >= 11 is 3.41. The highest BCUT2D eigenvalue weighted by Gasteiger charge is 2.02. The molecule has 1 N–H and O–H groups in total. The lowest BCUT2D eigenvalue weighted by Gasteiger charge is -2.05. The summed E-state index contributed by atoms with van der Waals surface area (Å²) in [4.78, 5) is 4.30. The normalized spacial score (nSPS) is 13.0. The number of aromatic nitrogens is 1. The summed E-state index contributed by atoms with van der Waals surface area (Å²) in [7, 11) is 1.88. The first-order chi connectivity index (χ1) is 4.84. The Morgan fingerprint density at radius 2 is 2.40 bits per heavy atom. The predicted molar refractivity (Wildman–Crippen MR) is 45.0 cm³/mol. The number of hydrogen-bond acceptors (Lipinski definition) is 2. The van der Waals surface area contributed by atoms with Gasteiger partial charge in [-0.1, -0.05) is 22.0 Å². The monoisotopic (exact) mass is 200 g/mol. The molecule has 2 nitrogen and oxygen atoms in total. The van der Waals surface area contributed by atoms with Gasteiger partial charge in [-0.25, -0.2) is 0 Å². The van der Waals surface area contributed by atoms with Gasteiger partial charge in [-0.3, -0.25) is 4.98 Å². The molecule has 0 radical (unpaired) electrons. The van der Waals surface area contributed by atoms with E-state index in [0.717, 1.165) is 5.69 Å². The van der Waals surface area contributed by atoms with Crippen LogP contribution in [-0.4, -0.2) is 12.0 Å². The molecule has 54 valence electrons. The van der Waals surface area contributed by atoms with Crippen molar-refractivity contribution in [3.8, 4) is 0 Å². The van der Waals surface area contributed by atoms with E-state index < -0.39 is 0 Å². The van der Waals surface area contributed by atoms with Gasteiger partial charge in [0.2, 0.25) is 0 Å². The van der Waals surface area contributed by atoms with Crippen LogP contribution in [0.15, 0.2) is 24.4 Å². The highest BCUT2D eigenvalue weighted by Crippen LogP contribution is 2.14. The Morgan fingerprint density at radius 3 is 2.90 bits per heavy atom. The zero-order valence-electron chi connectivity index (χ0n) is 5.71. The van der Waals surface area contributed by atoms with Crippen LogP contribution in [0, 0.1) is 0 Å². The first-order valence-corrected chi connectivity index (χ1v) is 3.98. The molecule has 10 heavy (non-hydrogen) atoms. The van der Waals surface area contributed by atoms with Gasteiger partial charge >= 0.3 is 0 Å². The summed E-state index contributed by atoms with van der Waals surface area (Å²) in [6.45, 7) is 0. The van der Waals surface area contributed by atoms with Crippen molar-refractivity contribution in [1.82, 2.24) is 10.3 Å². The van der Waals surface area contributed by atoms with Gasteiger partial charge in [-0.05, 0) is 19.2 Å². The van der Waals surface area contributed by atoms with Crippen molar-refractivity contribution in [2.75, 3.05) is 7.05 Å². The third-order valence-corrected chi connectivity index (χ3v) is 2.13. The third kappa shape index (κ3) is 1.78. The van der Waals surface area contributed by atoms with Gasteiger partial charge in [0.15, 0.2) is 0 Å². The van der Waals surface area contributed by atoms with E-state index >= 15 is 0 Å². The fraction of sp³-hybridized carbons (Fsp3) is 0.286. The van der Waals surface area contributed by atoms with Crippen molar-refractivity contribution < 1.29 is 0 Å². The smallest absolute Gasteiger partial charge is 0.106 e. The molecule has 0 saturated carbocycles. The van der Waals surface area contributed by atoms with Crippen LogP contribution < -0.4 is 5.32 Å². The molecular weight excluding hydrogens is 192 g/mol. The minimum atomic E-state index is 0.161. The maximum Gasteiger partial charge on any atom is 0.106 e. The molecule has 0 amide bonds. The fourth-order valence-electron chi connectivity index (χ4n) is 0.674. The van der Waals surface area contributed by atoms with Gasteiger partial charge < -0.3 is 5.32 Å². The van der Waals surface area contributed by atoms with Gasteiger partial charge in [0, 0.05) is 6.20 Å². The number of nitrogens with zero attached hydrogens (tertiary/aromatic N) is 1. The molecule has 1 heterocycles. The topological polar surface area (TPSA) is 24.9 Å². The molecule has 1 atom stereocenters. The average molecular weight is 201 g/mol. The van der Waals surface area contributed by atoms with E-state index in [2.05, 4.69) is 26.2 Å². The lowest BCUT2D eigenvalue weighted by molar-refractivity contribution is 0.782. The van der Waals surface area contributed by atoms with Crippen molar-refractivity contribution in [3.05, 3.63) is 30.1 Å². The quantitative estimate of drug-likeness (QED) is 0.581. The molecule has 0 bridgehead atoms. The van der Waals surface area contributed by atoms with Crippen molar-refractivity contribution in [3.63, 3.8) is 0 Å². The maximum absolute atomic E-state index is 4.14. The Bertz CT molecular complexity index is 188. The molecule has 0 spiro atoms. The van der Waals surface area contributed by atoms with Gasteiger partial charge in [0.05, 0.1) is 5.69 Å². The summed E-state index contributed by atoms with van der Waals surface area (Å²) in [5, 5.41) is 3.04. The van der Waals surface area contributed by atoms with Gasteiger partial charge in [0.1, 0.15) is 4.95 Å². The Kier molecular flexibility index (Phi) is 2.83. The van der Waals surface area contributed by atoms with Crippen molar-refractivity contribution >= 4 is 15.9 Å². The summed E-state index contributed by atoms with van der Waals surface area (Å²) in [5.74, 6) is 0. The Labute approximate surface area is 68.8 Å². The van der Waals surface area contributed by atoms with Gasteiger partial charge in [-0.2, -0.15) is 0 Å². The van der Waals surface area contributed by atoms with Crippen LogP contribution in [0.2, 0.25) is 0 Å². The molecular formula is C7H9BrN2. The molecule has 0 saturated heterocycles. The number of nitrogens with one attached hydrogen (secondary N) is 1. The van der Waals surface area contributed by atoms with E-state index in [1.807, 2.05) is 25.2 Å². The zero-order valence-corrected chi connectivity index (χ0v) is 7.30. The van der Waals surface area contributed by atoms with E-state index in [-0.39, 0.29) is 4.95 Å². The van der Waals surface area contributed by atoms with Crippen LogP contribution in [0.4, 0.5) is 0 Å². The largest absolute Gasteiger partial charge is 0.303 e.